The first-order valence-electron chi connectivity index (χ1n) is 8.43. The molecule has 3 rings (SSSR count). The number of aromatic nitrogens is 2. The molecule has 0 saturated heterocycles. The molecule has 3 aromatic rings. The third-order valence-electron chi connectivity index (χ3n) is 3.64. The number of carbonyl (C=O) groups is 3. The van der Waals surface area contributed by atoms with E-state index in [-0.39, 0.29) is 18.7 Å². The molecule has 0 aliphatic rings. The molecule has 0 atom stereocenters. The quantitative estimate of drug-likeness (QED) is 0.495. The Morgan fingerprint density at radius 3 is 2.10 bits per heavy atom. The predicted molar refractivity (Wildman–Crippen MR) is 101 cm³/mol. The summed E-state index contributed by atoms with van der Waals surface area (Å²) < 4.78 is 31.7. The minimum atomic E-state index is -5.08. The molecule has 2 aromatic carbocycles. The van der Waals surface area contributed by atoms with Crippen LogP contribution in [0.2, 0.25) is 0 Å². The van der Waals surface area contributed by atoms with Crippen molar-refractivity contribution in [2.75, 3.05) is 5.32 Å². The zero-order valence-electron chi connectivity index (χ0n) is 15.2. The summed E-state index contributed by atoms with van der Waals surface area (Å²) in [6, 6.07) is 15.0. The Kier molecular flexibility index (Phi) is 7.13. The number of amides is 1. The minimum Gasteiger partial charge on any atom is -0.481 e. The van der Waals surface area contributed by atoms with E-state index in [1.165, 1.54) is 0 Å². The number of carboxylic acids is 2. The van der Waals surface area contributed by atoms with Crippen LogP contribution in [0.15, 0.2) is 48.5 Å². The van der Waals surface area contributed by atoms with Crippen LogP contribution in [-0.4, -0.2) is 44.2 Å². The van der Waals surface area contributed by atoms with E-state index in [2.05, 4.69) is 15.3 Å². The molecule has 8 nitrogen and oxygen atoms in total. The van der Waals surface area contributed by atoms with Crippen LogP contribution in [0.3, 0.4) is 0 Å². The van der Waals surface area contributed by atoms with Crippen molar-refractivity contribution in [2.24, 2.45) is 0 Å². The molecule has 1 heterocycles. The molecule has 0 unspecified atom stereocenters. The molecular formula is C19H16F3N3O5. The summed E-state index contributed by atoms with van der Waals surface area (Å²) in [5, 5.41) is 18.4. The number of aromatic amines is 1. The van der Waals surface area contributed by atoms with Gasteiger partial charge in [0.25, 0.3) is 0 Å². The summed E-state index contributed by atoms with van der Waals surface area (Å²) >= 11 is 0. The molecule has 1 aromatic heterocycles. The van der Waals surface area contributed by atoms with Crippen molar-refractivity contribution in [1.82, 2.24) is 9.97 Å². The fraction of sp³-hybridized carbons (Fsp3) is 0.158. The number of benzene rings is 2. The van der Waals surface area contributed by atoms with Crippen LogP contribution in [-0.2, 0) is 14.4 Å². The number of imidazole rings is 1. The van der Waals surface area contributed by atoms with Gasteiger partial charge >= 0.3 is 18.1 Å². The van der Waals surface area contributed by atoms with E-state index >= 15 is 0 Å². The number of H-pyrrole nitrogens is 1. The van der Waals surface area contributed by atoms with Crippen LogP contribution in [0.1, 0.15) is 12.8 Å². The lowest BCUT2D eigenvalue weighted by molar-refractivity contribution is -0.192. The Labute approximate surface area is 167 Å². The normalized spacial score (nSPS) is 10.8. The highest BCUT2D eigenvalue weighted by atomic mass is 19.4. The number of para-hydroxylation sites is 2. The number of hydrogen-bond donors (Lipinski definition) is 4. The second kappa shape index (κ2) is 9.54. The van der Waals surface area contributed by atoms with Gasteiger partial charge in [-0.15, -0.1) is 0 Å². The standard InChI is InChI=1S/C17H15N3O3.C2HF3O2/c21-15(9-10-16(22)23)18-12-7-5-11(6-8-12)17-19-13-3-1-2-4-14(13)20-17;3-2(4,5)1(6)7/h1-8H,9-10H2,(H,18,21)(H,19,20)(H,22,23);(H,6,7). The number of fused-ring (bicyclic) bond motifs is 1. The van der Waals surface area contributed by atoms with Crippen LogP contribution in [0, 0.1) is 0 Å². The van der Waals surface area contributed by atoms with Crippen LogP contribution in [0.4, 0.5) is 18.9 Å². The largest absolute Gasteiger partial charge is 0.490 e. The number of halogens is 3. The van der Waals surface area contributed by atoms with Crippen LogP contribution in [0.5, 0.6) is 0 Å². The van der Waals surface area contributed by atoms with Crippen LogP contribution < -0.4 is 5.32 Å². The van der Waals surface area contributed by atoms with Crippen molar-refractivity contribution in [1.29, 1.82) is 0 Å². The lowest BCUT2D eigenvalue weighted by atomic mass is 10.2. The highest BCUT2D eigenvalue weighted by Crippen LogP contribution is 2.22. The zero-order chi connectivity index (χ0) is 22.3. The molecule has 0 aliphatic heterocycles. The topological polar surface area (TPSA) is 132 Å². The molecule has 0 bridgehead atoms. The van der Waals surface area contributed by atoms with E-state index in [0.717, 1.165) is 22.4 Å². The van der Waals surface area contributed by atoms with E-state index < -0.39 is 18.1 Å². The van der Waals surface area contributed by atoms with E-state index in [9.17, 15) is 22.8 Å². The summed E-state index contributed by atoms with van der Waals surface area (Å²) in [6.45, 7) is 0. The Hall–Kier alpha value is -3.89. The number of aliphatic carboxylic acids is 2. The fourth-order valence-corrected chi connectivity index (χ4v) is 2.24. The van der Waals surface area contributed by atoms with Gasteiger partial charge in [-0.25, -0.2) is 9.78 Å². The van der Waals surface area contributed by atoms with Gasteiger partial charge in [-0.2, -0.15) is 13.2 Å². The molecule has 0 fully saturated rings. The summed E-state index contributed by atoms with van der Waals surface area (Å²) in [4.78, 5) is 38.7. The highest BCUT2D eigenvalue weighted by Gasteiger charge is 2.38. The number of alkyl halides is 3. The third-order valence-corrected chi connectivity index (χ3v) is 3.64. The summed E-state index contributed by atoms with van der Waals surface area (Å²) in [5.74, 6) is -3.30. The number of hydrogen-bond acceptors (Lipinski definition) is 4. The van der Waals surface area contributed by atoms with Gasteiger partial charge in [0, 0.05) is 17.7 Å². The maximum absolute atomic E-state index is 11.6. The number of rotatable bonds is 5. The van der Waals surface area contributed by atoms with Crippen molar-refractivity contribution in [3.63, 3.8) is 0 Å². The van der Waals surface area contributed by atoms with Crippen molar-refractivity contribution >= 4 is 34.6 Å². The highest BCUT2D eigenvalue weighted by molar-refractivity contribution is 5.92. The molecule has 4 N–H and O–H groups in total. The molecule has 30 heavy (non-hydrogen) atoms. The van der Waals surface area contributed by atoms with Gasteiger partial charge in [0.05, 0.1) is 17.5 Å². The van der Waals surface area contributed by atoms with Gasteiger partial charge in [0.15, 0.2) is 0 Å². The van der Waals surface area contributed by atoms with Crippen molar-refractivity contribution < 1.29 is 37.8 Å². The monoisotopic (exact) mass is 423 g/mol. The van der Waals surface area contributed by atoms with Crippen LogP contribution in [0.25, 0.3) is 22.4 Å². The molecule has 0 radical (unpaired) electrons. The van der Waals surface area contributed by atoms with Gasteiger partial charge in [-0.05, 0) is 36.4 Å². The van der Waals surface area contributed by atoms with Gasteiger partial charge < -0.3 is 20.5 Å². The van der Waals surface area contributed by atoms with E-state index in [0.29, 0.717) is 5.69 Å². The Balaban J connectivity index is 0.000000396. The van der Waals surface area contributed by atoms with Gasteiger partial charge in [-0.1, -0.05) is 12.1 Å². The van der Waals surface area contributed by atoms with Crippen LogP contribution >= 0.6 is 0 Å². The first kappa shape index (κ1) is 22.4. The molecular weight excluding hydrogens is 407 g/mol. The van der Waals surface area contributed by atoms with E-state index in [4.69, 9.17) is 15.0 Å². The molecule has 1 amide bonds. The lowest BCUT2D eigenvalue weighted by Crippen LogP contribution is -2.21. The summed E-state index contributed by atoms with van der Waals surface area (Å²) in [5.41, 5.74) is 3.40. The number of nitrogens with one attached hydrogen (secondary N) is 2. The Morgan fingerprint density at radius 2 is 1.57 bits per heavy atom. The smallest absolute Gasteiger partial charge is 0.481 e. The number of carboxylic acid groups (broad SMARTS) is 2. The Bertz CT molecular complexity index is 1010. The van der Waals surface area contributed by atoms with Gasteiger partial charge in [-0.3, -0.25) is 9.59 Å². The van der Waals surface area contributed by atoms with Gasteiger partial charge in [0.1, 0.15) is 5.82 Å². The molecule has 0 spiro atoms. The number of carbonyl (C=O) groups excluding carboxylic acids is 1. The molecule has 0 saturated carbocycles. The summed E-state index contributed by atoms with van der Waals surface area (Å²) in [7, 11) is 0. The first-order chi connectivity index (χ1) is 14.1. The molecule has 0 aliphatic carbocycles. The number of anilines is 1. The predicted octanol–water partition coefficient (Wildman–Crippen LogP) is 3.67. The maximum Gasteiger partial charge on any atom is 0.490 e. The Morgan fingerprint density at radius 1 is 0.967 bits per heavy atom. The third kappa shape index (κ3) is 6.62. The van der Waals surface area contributed by atoms with Gasteiger partial charge in [0.2, 0.25) is 5.91 Å². The van der Waals surface area contributed by atoms with Crippen molar-refractivity contribution in [3.8, 4) is 11.4 Å². The first-order valence-corrected chi connectivity index (χ1v) is 8.43. The van der Waals surface area contributed by atoms with E-state index in [1.54, 1.807) is 12.1 Å². The second-order valence-corrected chi connectivity index (χ2v) is 5.92. The molecule has 11 heteroatoms. The molecule has 158 valence electrons. The van der Waals surface area contributed by atoms with Crippen molar-refractivity contribution in [2.45, 2.75) is 19.0 Å². The summed E-state index contributed by atoms with van der Waals surface area (Å²) in [6.07, 6.45) is -5.30. The van der Waals surface area contributed by atoms with E-state index in [1.807, 2.05) is 36.4 Å². The minimum absolute atomic E-state index is 0.0410. The van der Waals surface area contributed by atoms with Crippen molar-refractivity contribution in [3.05, 3.63) is 48.5 Å². The second-order valence-electron chi connectivity index (χ2n) is 5.92. The SMILES string of the molecule is O=C(O)C(F)(F)F.O=C(O)CCC(=O)Nc1ccc(-c2nc3ccccc3[nH]2)cc1. The lowest BCUT2D eigenvalue weighted by Gasteiger charge is -2.05. The maximum atomic E-state index is 11.6. The average Bonchev–Trinajstić information content (AvgIpc) is 3.11. The number of nitrogens with zero attached hydrogens (tertiary/aromatic N) is 1. The fourth-order valence-electron chi connectivity index (χ4n) is 2.24. The zero-order valence-corrected chi connectivity index (χ0v) is 15.2. The average molecular weight is 423 g/mol.